The van der Waals surface area contributed by atoms with Crippen LogP contribution >= 0.6 is 11.3 Å². The number of fused-ring (bicyclic) bond motifs is 2. The molecule has 7 nitrogen and oxygen atoms in total. The maximum atomic E-state index is 12.4. The lowest BCUT2D eigenvalue weighted by molar-refractivity contribution is 0.0950. The van der Waals surface area contributed by atoms with Crippen LogP contribution in [-0.4, -0.2) is 32.4 Å². The first-order chi connectivity index (χ1) is 14.7. The first kappa shape index (κ1) is 18.3. The van der Waals surface area contributed by atoms with Crippen LogP contribution in [0.5, 0.6) is 5.75 Å². The Morgan fingerprint density at radius 2 is 2.03 bits per heavy atom. The first-order valence-corrected chi connectivity index (χ1v) is 10.1. The van der Waals surface area contributed by atoms with Crippen LogP contribution in [0.2, 0.25) is 0 Å². The second kappa shape index (κ2) is 7.57. The van der Waals surface area contributed by atoms with E-state index in [-0.39, 0.29) is 5.91 Å². The lowest BCUT2D eigenvalue weighted by Gasteiger charge is -2.06. The van der Waals surface area contributed by atoms with Gasteiger partial charge in [-0.3, -0.25) is 9.20 Å². The Morgan fingerprint density at radius 3 is 2.87 bits per heavy atom. The van der Waals surface area contributed by atoms with Crippen molar-refractivity contribution >= 4 is 33.2 Å². The summed E-state index contributed by atoms with van der Waals surface area (Å²) in [6.45, 7) is 0.429. The Bertz CT molecular complexity index is 1360. The van der Waals surface area contributed by atoms with Crippen molar-refractivity contribution in [1.29, 1.82) is 0 Å². The topological polar surface area (TPSA) is 81.4 Å². The van der Waals surface area contributed by atoms with E-state index in [1.54, 1.807) is 41.4 Å². The van der Waals surface area contributed by atoms with Crippen LogP contribution < -0.4 is 10.1 Å². The minimum Gasteiger partial charge on any atom is -0.497 e. The number of nitrogens with one attached hydrogen (secondary N) is 1. The number of imidazole rings is 1. The van der Waals surface area contributed by atoms with E-state index < -0.39 is 0 Å². The van der Waals surface area contributed by atoms with Crippen LogP contribution in [0.3, 0.4) is 0 Å². The molecule has 3 heterocycles. The van der Waals surface area contributed by atoms with Crippen LogP contribution in [0.15, 0.2) is 67.3 Å². The van der Waals surface area contributed by atoms with E-state index in [0.29, 0.717) is 17.9 Å². The predicted molar refractivity (Wildman–Crippen MR) is 116 cm³/mol. The van der Waals surface area contributed by atoms with E-state index in [1.165, 1.54) is 6.20 Å². The smallest absolute Gasteiger partial charge is 0.254 e. The normalized spacial score (nSPS) is 11.1. The number of methoxy groups -OCH3 is 1. The summed E-state index contributed by atoms with van der Waals surface area (Å²) in [4.78, 5) is 25.4. The lowest BCUT2D eigenvalue weighted by atomic mass is 10.1. The summed E-state index contributed by atoms with van der Waals surface area (Å²) < 4.78 is 8.09. The molecule has 1 N–H and O–H groups in total. The van der Waals surface area contributed by atoms with Crippen LogP contribution in [0.1, 0.15) is 15.9 Å². The van der Waals surface area contributed by atoms with Crippen molar-refractivity contribution in [3.8, 4) is 16.3 Å². The van der Waals surface area contributed by atoms with Gasteiger partial charge in [0.15, 0.2) is 0 Å². The van der Waals surface area contributed by atoms with Gasteiger partial charge in [-0.15, -0.1) is 11.3 Å². The zero-order valence-electron chi connectivity index (χ0n) is 16.1. The molecule has 5 rings (SSSR count). The molecule has 8 heteroatoms. The lowest BCUT2D eigenvalue weighted by Crippen LogP contribution is -2.23. The summed E-state index contributed by atoms with van der Waals surface area (Å²) in [5.74, 6) is 1.21. The summed E-state index contributed by atoms with van der Waals surface area (Å²) in [7, 11) is 1.66. The van der Waals surface area contributed by atoms with E-state index in [4.69, 9.17) is 9.72 Å². The Labute approximate surface area is 176 Å². The average molecular weight is 415 g/mol. The number of benzene rings is 2. The number of carbonyl (C=O) groups excluding carboxylic acids is 1. The molecule has 0 saturated heterocycles. The van der Waals surface area contributed by atoms with Gasteiger partial charge in [0.2, 0.25) is 5.78 Å². The maximum Gasteiger partial charge on any atom is 0.254 e. The molecule has 0 unspecified atom stereocenters. The third-order valence-electron chi connectivity index (χ3n) is 4.76. The van der Waals surface area contributed by atoms with Gasteiger partial charge in [0.1, 0.15) is 10.8 Å². The molecule has 0 spiro atoms. The minimum atomic E-state index is -0.178. The van der Waals surface area contributed by atoms with Gasteiger partial charge in [-0.25, -0.2) is 15.0 Å². The third-order valence-corrected chi connectivity index (χ3v) is 5.82. The van der Waals surface area contributed by atoms with Gasteiger partial charge in [0, 0.05) is 36.9 Å². The van der Waals surface area contributed by atoms with Crippen LogP contribution in [-0.2, 0) is 6.54 Å². The van der Waals surface area contributed by atoms with Gasteiger partial charge in [0.05, 0.1) is 22.9 Å². The molecule has 0 aliphatic heterocycles. The van der Waals surface area contributed by atoms with Crippen LogP contribution in [0, 0.1) is 0 Å². The van der Waals surface area contributed by atoms with Crippen molar-refractivity contribution in [2.75, 3.05) is 7.11 Å². The molecule has 0 radical (unpaired) electrons. The summed E-state index contributed by atoms with van der Waals surface area (Å²) in [6.07, 6.45) is 6.65. The molecule has 0 bridgehead atoms. The fraction of sp³-hybridized carbons (Fsp3) is 0.0909. The van der Waals surface area contributed by atoms with Crippen molar-refractivity contribution < 1.29 is 9.53 Å². The molecule has 3 aromatic heterocycles. The Kier molecular flexibility index (Phi) is 4.61. The van der Waals surface area contributed by atoms with Crippen LogP contribution in [0.25, 0.3) is 26.6 Å². The molecule has 0 atom stereocenters. The highest BCUT2D eigenvalue weighted by Crippen LogP contribution is 2.32. The van der Waals surface area contributed by atoms with Gasteiger partial charge < -0.3 is 10.1 Å². The molecule has 0 aliphatic rings. The van der Waals surface area contributed by atoms with Crippen molar-refractivity contribution in [3.63, 3.8) is 0 Å². The summed E-state index contributed by atoms with van der Waals surface area (Å²) in [6, 6.07) is 13.9. The Balaban J connectivity index is 1.28. The van der Waals surface area contributed by atoms with E-state index in [2.05, 4.69) is 15.3 Å². The monoisotopic (exact) mass is 415 g/mol. The van der Waals surface area contributed by atoms with Gasteiger partial charge in [-0.1, -0.05) is 24.3 Å². The van der Waals surface area contributed by atoms with E-state index >= 15 is 0 Å². The fourth-order valence-corrected chi connectivity index (χ4v) is 4.14. The van der Waals surface area contributed by atoms with Gasteiger partial charge in [0.25, 0.3) is 5.91 Å². The van der Waals surface area contributed by atoms with Crippen molar-refractivity contribution in [2.45, 2.75) is 6.54 Å². The molecule has 2 aromatic carbocycles. The number of rotatable bonds is 5. The molecular weight excluding hydrogens is 398 g/mol. The zero-order valence-corrected chi connectivity index (χ0v) is 16.9. The molecule has 148 valence electrons. The molecule has 30 heavy (non-hydrogen) atoms. The van der Waals surface area contributed by atoms with Crippen molar-refractivity contribution in [3.05, 3.63) is 78.4 Å². The first-order valence-electron chi connectivity index (χ1n) is 9.30. The molecule has 0 saturated carbocycles. The highest BCUT2D eigenvalue weighted by molar-refractivity contribution is 7.21. The summed E-state index contributed by atoms with van der Waals surface area (Å²) in [5.41, 5.74) is 3.49. The third kappa shape index (κ3) is 3.48. The number of nitrogens with zero attached hydrogens (tertiary/aromatic N) is 4. The van der Waals surface area contributed by atoms with Crippen molar-refractivity contribution in [1.82, 2.24) is 24.7 Å². The quantitative estimate of drug-likeness (QED) is 0.470. The highest BCUT2D eigenvalue weighted by Gasteiger charge is 2.09. The number of ether oxygens (including phenoxy) is 1. The second-order valence-corrected chi connectivity index (χ2v) is 7.74. The zero-order chi connectivity index (χ0) is 20.5. The molecule has 5 aromatic rings. The van der Waals surface area contributed by atoms with Gasteiger partial charge in [-0.2, -0.15) is 0 Å². The number of hydrogen-bond acceptors (Lipinski definition) is 6. The van der Waals surface area contributed by atoms with Crippen molar-refractivity contribution in [2.24, 2.45) is 0 Å². The van der Waals surface area contributed by atoms with E-state index in [9.17, 15) is 4.79 Å². The van der Waals surface area contributed by atoms with E-state index in [1.807, 2.05) is 42.5 Å². The summed E-state index contributed by atoms with van der Waals surface area (Å²) in [5, 5.41) is 3.88. The number of hydrogen-bond donors (Lipinski definition) is 1. The van der Waals surface area contributed by atoms with Crippen LogP contribution in [0.4, 0.5) is 0 Å². The number of carbonyl (C=O) groups is 1. The highest BCUT2D eigenvalue weighted by atomic mass is 32.1. The molecule has 0 aliphatic carbocycles. The van der Waals surface area contributed by atoms with E-state index in [0.717, 1.165) is 32.1 Å². The second-order valence-electron chi connectivity index (χ2n) is 6.71. The predicted octanol–water partition coefficient (Wildman–Crippen LogP) is 3.94. The maximum absolute atomic E-state index is 12.4. The number of thiazole rings is 1. The Hall–Kier alpha value is -3.78. The SMILES string of the molecule is COc1ccc2nc(-c3ccc(CNC(=O)c4cnc5nccn5c4)cc3)sc2c1. The largest absolute Gasteiger partial charge is 0.497 e. The minimum absolute atomic E-state index is 0.178. The average Bonchev–Trinajstić information content (AvgIpc) is 3.43. The molecular formula is C22H17N5O2S. The Morgan fingerprint density at radius 1 is 1.17 bits per heavy atom. The standard InChI is InChI=1S/C22H17N5O2S/c1-29-17-6-7-18-19(10-17)30-21(26-18)15-4-2-14(3-5-15)11-24-20(28)16-12-25-22-23-8-9-27(22)13-16/h2-10,12-13H,11H2,1H3,(H,24,28). The molecule has 1 amide bonds. The number of aromatic nitrogens is 4. The summed E-state index contributed by atoms with van der Waals surface area (Å²) >= 11 is 1.63. The fourth-order valence-electron chi connectivity index (χ4n) is 3.14. The molecule has 0 fully saturated rings. The van der Waals surface area contributed by atoms with Gasteiger partial charge in [-0.05, 0) is 23.8 Å². The number of amides is 1. The van der Waals surface area contributed by atoms with Gasteiger partial charge >= 0.3 is 0 Å².